The van der Waals surface area contributed by atoms with E-state index < -0.39 is 0 Å². The van der Waals surface area contributed by atoms with E-state index >= 15 is 0 Å². The van der Waals surface area contributed by atoms with Crippen molar-refractivity contribution < 1.29 is 4.74 Å². The van der Waals surface area contributed by atoms with E-state index in [4.69, 9.17) is 4.74 Å². The first-order valence-electron chi connectivity index (χ1n) is 7.22. The van der Waals surface area contributed by atoms with Gasteiger partial charge in [0.2, 0.25) is 0 Å². The first-order chi connectivity index (χ1) is 9.22. The number of thioether (sulfide) groups is 1. The van der Waals surface area contributed by atoms with E-state index in [2.05, 4.69) is 44.3 Å². The molecule has 0 aliphatic heterocycles. The molecule has 0 aliphatic carbocycles. The summed E-state index contributed by atoms with van der Waals surface area (Å²) in [5.74, 6) is 4.06. The van der Waals surface area contributed by atoms with Crippen molar-refractivity contribution in [1.29, 1.82) is 0 Å². The zero-order valence-electron chi connectivity index (χ0n) is 12.4. The number of rotatable bonds is 10. The molecule has 19 heavy (non-hydrogen) atoms. The van der Waals surface area contributed by atoms with Crippen LogP contribution in [0, 0.1) is 5.92 Å². The maximum absolute atomic E-state index is 5.78. The van der Waals surface area contributed by atoms with Gasteiger partial charge in [0.05, 0.1) is 6.61 Å². The van der Waals surface area contributed by atoms with Gasteiger partial charge in [0.1, 0.15) is 5.75 Å². The smallest absolute Gasteiger partial charge is 0.119 e. The van der Waals surface area contributed by atoms with E-state index in [1.807, 2.05) is 17.8 Å². The Kier molecular flexibility index (Phi) is 8.76. The molecular weight excluding hydrogens is 254 g/mol. The molecule has 0 atom stereocenters. The molecule has 1 aromatic rings. The van der Waals surface area contributed by atoms with Crippen LogP contribution in [0.15, 0.2) is 24.3 Å². The Balaban J connectivity index is 2.27. The van der Waals surface area contributed by atoms with Gasteiger partial charge in [0, 0.05) is 6.54 Å². The van der Waals surface area contributed by atoms with Gasteiger partial charge in [-0.1, -0.05) is 32.9 Å². The summed E-state index contributed by atoms with van der Waals surface area (Å²) >= 11 is 1.97. The lowest BCUT2D eigenvalue weighted by Gasteiger charge is -2.10. The lowest BCUT2D eigenvalue weighted by Crippen LogP contribution is -2.18. The first kappa shape index (κ1) is 16.4. The Bertz CT molecular complexity index is 341. The Labute approximate surface area is 122 Å². The van der Waals surface area contributed by atoms with Gasteiger partial charge in [-0.05, 0) is 48.1 Å². The van der Waals surface area contributed by atoms with Crippen molar-refractivity contribution in [2.24, 2.45) is 5.92 Å². The standard InChI is InChI=1S/C16H27NOS/c1-4-19-10-6-9-18-16-8-5-7-15(11-16)13-17-12-14(2)3/h5,7-8,11,14,17H,4,6,9-10,12-13H2,1-3H3. The highest BCUT2D eigenvalue weighted by Gasteiger charge is 1.98. The topological polar surface area (TPSA) is 21.3 Å². The van der Waals surface area contributed by atoms with Crippen LogP contribution < -0.4 is 10.1 Å². The van der Waals surface area contributed by atoms with Gasteiger partial charge in [-0.2, -0.15) is 11.8 Å². The molecule has 0 aromatic heterocycles. The largest absolute Gasteiger partial charge is 0.494 e. The average molecular weight is 281 g/mol. The van der Waals surface area contributed by atoms with Crippen molar-refractivity contribution in [1.82, 2.24) is 5.32 Å². The zero-order chi connectivity index (χ0) is 13.9. The fourth-order valence-electron chi connectivity index (χ4n) is 1.75. The second-order valence-electron chi connectivity index (χ2n) is 5.07. The van der Waals surface area contributed by atoms with Gasteiger partial charge >= 0.3 is 0 Å². The molecule has 0 spiro atoms. The van der Waals surface area contributed by atoms with Gasteiger partial charge in [-0.15, -0.1) is 0 Å². The van der Waals surface area contributed by atoms with E-state index in [1.165, 1.54) is 17.1 Å². The summed E-state index contributed by atoms with van der Waals surface area (Å²) < 4.78 is 5.78. The quantitative estimate of drug-likeness (QED) is 0.656. The van der Waals surface area contributed by atoms with Gasteiger partial charge < -0.3 is 10.1 Å². The molecule has 0 saturated carbocycles. The minimum atomic E-state index is 0.690. The Morgan fingerprint density at radius 2 is 2.16 bits per heavy atom. The van der Waals surface area contributed by atoms with Gasteiger partial charge in [-0.25, -0.2) is 0 Å². The first-order valence-corrected chi connectivity index (χ1v) is 8.38. The van der Waals surface area contributed by atoms with Crippen LogP contribution in [0.3, 0.4) is 0 Å². The maximum atomic E-state index is 5.78. The van der Waals surface area contributed by atoms with Crippen molar-refractivity contribution in [3.63, 3.8) is 0 Å². The molecule has 0 radical (unpaired) electrons. The molecule has 0 bridgehead atoms. The SMILES string of the molecule is CCSCCCOc1cccc(CNCC(C)C)c1. The molecule has 0 unspecified atom stereocenters. The predicted molar refractivity (Wildman–Crippen MR) is 86.1 cm³/mol. The highest BCUT2D eigenvalue weighted by molar-refractivity contribution is 7.99. The summed E-state index contributed by atoms with van der Waals surface area (Å²) in [7, 11) is 0. The van der Waals surface area contributed by atoms with Gasteiger partial charge in [0.25, 0.3) is 0 Å². The van der Waals surface area contributed by atoms with Crippen LogP contribution in [0.4, 0.5) is 0 Å². The second-order valence-corrected chi connectivity index (χ2v) is 6.46. The fraction of sp³-hybridized carbons (Fsp3) is 0.625. The summed E-state index contributed by atoms with van der Waals surface area (Å²) in [5, 5.41) is 3.45. The van der Waals surface area contributed by atoms with Crippen LogP contribution in [0.2, 0.25) is 0 Å². The van der Waals surface area contributed by atoms with Crippen molar-refractivity contribution >= 4 is 11.8 Å². The highest BCUT2D eigenvalue weighted by Crippen LogP contribution is 2.14. The van der Waals surface area contributed by atoms with Crippen LogP contribution >= 0.6 is 11.8 Å². The molecule has 1 rings (SSSR count). The Hall–Kier alpha value is -0.670. The fourth-order valence-corrected chi connectivity index (χ4v) is 2.36. The molecular formula is C16H27NOS. The minimum absolute atomic E-state index is 0.690. The lowest BCUT2D eigenvalue weighted by atomic mass is 10.2. The van der Waals surface area contributed by atoms with Gasteiger partial charge in [-0.3, -0.25) is 0 Å². The van der Waals surface area contributed by atoms with Crippen molar-refractivity contribution in [3.05, 3.63) is 29.8 Å². The van der Waals surface area contributed by atoms with Crippen LogP contribution in [-0.4, -0.2) is 24.7 Å². The predicted octanol–water partition coefficient (Wildman–Crippen LogP) is 3.95. The zero-order valence-corrected chi connectivity index (χ0v) is 13.3. The Morgan fingerprint density at radius 3 is 2.89 bits per heavy atom. The average Bonchev–Trinajstić information content (AvgIpc) is 2.39. The number of hydrogen-bond acceptors (Lipinski definition) is 3. The number of benzene rings is 1. The second kappa shape index (κ2) is 10.2. The van der Waals surface area contributed by atoms with E-state index in [1.54, 1.807) is 0 Å². The van der Waals surface area contributed by atoms with Crippen molar-refractivity contribution in [2.45, 2.75) is 33.7 Å². The van der Waals surface area contributed by atoms with E-state index in [0.29, 0.717) is 5.92 Å². The number of hydrogen-bond donors (Lipinski definition) is 1. The third kappa shape index (κ3) is 8.17. The normalized spacial score (nSPS) is 10.9. The van der Waals surface area contributed by atoms with Crippen molar-refractivity contribution in [2.75, 3.05) is 24.7 Å². The third-order valence-electron chi connectivity index (χ3n) is 2.69. The van der Waals surface area contributed by atoms with Crippen molar-refractivity contribution in [3.8, 4) is 5.75 Å². The highest BCUT2D eigenvalue weighted by atomic mass is 32.2. The van der Waals surface area contributed by atoms with E-state index in [0.717, 1.165) is 31.9 Å². The summed E-state index contributed by atoms with van der Waals surface area (Å²) in [6.07, 6.45) is 1.12. The molecule has 3 heteroatoms. The monoisotopic (exact) mass is 281 g/mol. The summed E-state index contributed by atoms with van der Waals surface area (Å²) in [6, 6.07) is 8.40. The van der Waals surface area contributed by atoms with Crippen LogP contribution in [-0.2, 0) is 6.54 Å². The summed E-state index contributed by atoms with van der Waals surface area (Å²) in [6.45, 7) is 9.43. The molecule has 0 fully saturated rings. The van der Waals surface area contributed by atoms with Crippen LogP contribution in [0.25, 0.3) is 0 Å². The van der Waals surface area contributed by atoms with E-state index in [9.17, 15) is 0 Å². The van der Waals surface area contributed by atoms with Gasteiger partial charge in [0.15, 0.2) is 0 Å². The molecule has 108 valence electrons. The molecule has 0 amide bonds. The lowest BCUT2D eigenvalue weighted by molar-refractivity contribution is 0.318. The van der Waals surface area contributed by atoms with E-state index in [-0.39, 0.29) is 0 Å². The van der Waals surface area contributed by atoms with Crippen LogP contribution in [0.1, 0.15) is 32.8 Å². The number of ether oxygens (including phenoxy) is 1. The van der Waals surface area contributed by atoms with Crippen LogP contribution in [0.5, 0.6) is 5.75 Å². The molecule has 0 heterocycles. The minimum Gasteiger partial charge on any atom is -0.494 e. The third-order valence-corrected chi connectivity index (χ3v) is 3.67. The molecule has 1 aromatic carbocycles. The maximum Gasteiger partial charge on any atom is 0.119 e. The molecule has 1 N–H and O–H groups in total. The molecule has 0 saturated heterocycles. The summed E-state index contributed by atoms with van der Waals surface area (Å²) in [4.78, 5) is 0. The summed E-state index contributed by atoms with van der Waals surface area (Å²) in [5.41, 5.74) is 1.29. The molecule has 0 aliphatic rings. The molecule has 2 nitrogen and oxygen atoms in total. The number of nitrogens with one attached hydrogen (secondary N) is 1. The Morgan fingerprint density at radius 1 is 1.32 bits per heavy atom.